The summed E-state index contributed by atoms with van der Waals surface area (Å²) in [4.78, 5) is 8.26. The first-order chi connectivity index (χ1) is 10.1. The second-order valence-electron chi connectivity index (χ2n) is 4.70. The van der Waals surface area contributed by atoms with Gasteiger partial charge in [0.25, 0.3) is 0 Å². The molecule has 0 atom stereocenters. The van der Waals surface area contributed by atoms with E-state index in [9.17, 15) is 4.39 Å². The van der Waals surface area contributed by atoms with Gasteiger partial charge in [0.2, 0.25) is 5.88 Å². The van der Waals surface area contributed by atoms with Gasteiger partial charge in [-0.15, -0.1) is 0 Å². The largest absolute Gasteiger partial charge is 0.438 e. The molecule has 21 heavy (non-hydrogen) atoms. The fourth-order valence-corrected chi connectivity index (χ4v) is 1.94. The van der Waals surface area contributed by atoms with Crippen LogP contribution in [0.2, 0.25) is 0 Å². The first kappa shape index (κ1) is 14.7. The molecule has 0 saturated heterocycles. The Labute approximate surface area is 122 Å². The lowest BCUT2D eigenvalue weighted by molar-refractivity contribution is 0.447. The summed E-state index contributed by atoms with van der Waals surface area (Å²) in [7, 11) is 1.76. The number of nitriles is 1. The molecule has 2 aromatic rings. The second kappa shape index (κ2) is 6.18. The van der Waals surface area contributed by atoms with Crippen LogP contribution >= 0.6 is 0 Å². The number of ether oxygens (including phenoxy) is 1. The predicted molar refractivity (Wildman–Crippen MR) is 76.9 cm³/mol. The molecule has 0 bridgehead atoms. The van der Waals surface area contributed by atoms with Crippen LogP contribution in [0.4, 0.5) is 10.2 Å². The van der Waals surface area contributed by atoms with Crippen LogP contribution in [0.5, 0.6) is 11.6 Å². The third-order valence-corrected chi connectivity index (χ3v) is 2.94. The number of halogens is 1. The molecule has 0 saturated carbocycles. The molecule has 0 fully saturated rings. The molecule has 0 aliphatic heterocycles. The highest BCUT2D eigenvalue weighted by Crippen LogP contribution is 2.33. The van der Waals surface area contributed by atoms with Gasteiger partial charge in [0.05, 0.1) is 11.1 Å². The molecular formula is C15H15FN4O. The van der Waals surface area contributed by atoms with Gasteiger partial charge in [-0.2, -0.15) is 5.26 Å². The van der Waals surface area contributed by atoms with Crippen molar-refractivity contribution in [3.63, 3.8) is 0 Å². The fourth-order valence-electron chi connectivity index (χ4n) is 1.94. The van der Waals surface area contributed by atoms with Crippen LogP contribution in [-0.4, -0.2) is 17.0 Å². The Kier molecular flexibility index (Phi) is 4.33. The van der Waals surface area contributed by atoms with Gasteiger partial charge in [0.1, 0.15) is 29.8 Å². The lowest BCUT2D eigenvalue weighted by Gasteiger charge is -2.15. The van der Waals surface area contributed by atoms with Gasteiger partial charge >= 0.3 is 0 Å². The van der Waals surface area contributed by atoms with Crippen LogP contribution in [0.3, 0.4) is 0 Å². The van der Waals surface area contributed by atoms with Crippen LogP contribution < -0.4 is 10.1 Å². The maximum Gasteiger partial charge on any atom is 0.227 e. The van der Waals surface area contributed by atoms with E-state index in [0.29, 0.717) is 11.7 Å². The third kappa shape index (κ3) is 3.08. The Hall–Kier alpha value is -2.68. The number of benzene rings is 1. The average molecular weight is 286 g/mol. The molecule has 1 N–H and O–H groups in total. The Balaban J connectivity index is 2.40. The van der Waals surface area contributed by atoms with Crippen molar-refractivity contribution >= 4 is 5.82 Å². The molecular weight excluding hydrogens is 271 g/mol. The summed E-state index contributed by atoms with van der Waals surface area (Å²) in [6.07, 6.45) is 1.38. The molecule has 0 aliphatic rings. The van der Waals surface area contributed by atoms with Crippen LogP contribution in [0.15, 0.2) is 24.5 Å². The molecule has 1 heterocycles. The maximum atomic E-state index is 13.6. The van der Waals surface area contributed by atoms with E-state index in [1.165, 1.54) is 24.5 Å². The lowest BCUT2D eigenvalue weighted by atomic mass is 10.1. The van der Waals surface area contributed by atoms with Crippen molar-refractivity contribution in [1.82, 2.24) is 9.97 Å². The van der Waals surface area contributed by atoms with Gasteiger partial charge in [0.15, 0.2) is 0 Å². The van der Waals surface area contributed by atoms with E-state index >= 15 is 0 Å². The van der Waals surface area contributed by atoms with Crippen molar-refractivity contribution in [3.05, 3.63) is 41.5 Å². The Bertz CT molecular complexity index is 695. The molecule has 0 spiro atoms. The monoisotopic (exact) mass is 286 g/mol. The van der Waals surface area contributed by atoms with E-state index < -0.39 is 5.82 Å². The molecule has 0 aliphatic carbocycles. The Morgan fingerprint density at radius 3 is 2.67 bits per heavy atom. The fraction of sp³-hybridized carbons (Fsp3) is 0.267. The minimum Gasteiger partial charge on any atom is -0.438 e. The lowest BCUT2D eigenvalue weighted by Crippen LogP contribution is -2.04. The van der Waals surface area contributed by atoms with E-state index in [0.717, 1.165) is 5.56 Å². The van der Waals surface area contributed by atoms with E-state index in [2.05, 4.69) is 15.3 Å². The van der Waals surface area contributed by atoms with Gasteiger partial charge in [-0.1, -0.05) is 13.8 Å². The number of hydrogen-bond acceptors (Lipinski definition) is 5. The van der Waals surface area contributed by atoms with Gasteiger partial charge < -0.3 is 10.1 Å². The highest BCUT2D eigenvalue weighted by atomic mass is 19.1. The summed E-state index contributed by atoms with van der Waals surface area (Å²) in [6, 6.07) is 5.85. The molecule has 2 rings (SSSR count). The Morgan fingerprint density at radius 2 is 2.10 bits per heavy atom. The topological polar surface area (TPSA) is 70.8 Å². The van der Waals surface area contributed by atoms with Crippen molar-refractivity contribution in [2.75, 3.05) is 12.4 Å². The van der Waals surface area contributed by atoms with E-state index in [1.807, 2.05) is 13.8 Å². The van der Waals surface area contributed by atoms with E-state index in [4.69, 9.17) is 10.00 Å². The second-order valence-corrected chi connectivity index (χ2v) is 4.70. The number of rotatable bonds is 4. The van der Waals surface area contributed by atoms with Crippen LogP contribution in [-0.2, 0) is 0 Å². The number of nitrogens with one attached hydrogen (secondary N) is 1. The van der Waals surface area contributed by atoms with Gasteiger partial charge in [0, 0.05) is 13.1 Å². The smallest absolute Gasteiger partial charge is 0.227 e. The zero-order valence-electron chi connectivity index (χ0n) is 12.0. The zero-order valence-corrected chi connectivity index (χ0v) is 12.0. The minimum atomic E-state index is -0.621. The molecule has 1 aromatic heterocycles. The van der Waals surface area contributed by atoms with Crippen molar-refractivity contribution in [3.8, 4) is 17.7 Å². The summed E-state index contributed by atoms with van der Waals surface area (Å²) >= 11 is 0. The summed E-state index contributed by atoms with van der Waals surface area (Å²) < 4.78 is 19.3. The molecule has 0 unspecified atom stereocenters. The highest BCUT2D eigenvalue weighted by Gasteiger charge is 2.16. The van der Waals surface area contributed by atoms with Gasteiger partial charge in [-0.3, -0.25) is 0 Å². The standard InChI is InChI=1S/C15H15FN4O/c1-9(2)13-14(18-3)19-8-20-15(13)21-11-5-4-10(7-17)12(16)6-11/h4-6,8-9H,1-3H3,(H,18,19,20). The SMILES string of the molecule is CNc1ncnc(Oc2ccc(C#N)c(F)c2)c1C(C)C. The number of aromatic nitrogens is 2. The molecule has 108 valence electrons. The highest BCUT2D eigenvalue weighted by molar-refractivity contribution is 5.51. The molecule has 5 nitrogen and oxygen atoms in total. The quantitative estimate of drug-likeness (QED) is 0.932. The van der Waals surface area contributed by atoms with Crippen LogP contribution in [0.1, 0.15) is 30.9 Å². The van der Waals surface area contributed by atoms with Crippen molar-refractivity contribution in [1.29, 1.82) is 5.26 Å². The molecule has 6 heteroatoms. The van der Waals surface area contributed by atoms with E-state index in [1.54, 1.807) is 13.1 Å². The van der Waals surface area contributed by atoms with Crippen molar-refractivity contribution in [2.24, 2.45) is 0 Å². The van der Waals surface area contributed by atoms with Crippen molar-refractivity contribution < 1.29 is 9.13 Å². The van der Waals surface area contributed by atoms with Crippen molar-refractivity contribution in [2.45, 2.75) is 19.8 Å². The average Bonchev–Trinajstić information content (AvgIpc) is 2.46. The molecule has 0 amide bonds. The minimum absolute atomic E-state index is 0.0231. The first-order valence-electron chi connectivity index (χ1n) is 6.47. The summed E-state index contributed by atoms with van der Waals surface area (Å²) in [5, 5.41) is 11.7. The first-order valence-corrected chi connectivity index (χ1v) is 6.47. The number of hydrogen-bond donors (Lipinski definition) is 1. The van der Waals surface area contributed by atoms with Crippen LogP contribution in [0, 0.1) is 17.1 Å². The predicted octanol–water partition coefficient (Wildman–Crippen LogP) is 3.44. The number of nitrogens with zero attached hydrogens (tertiary/aromatic N) is 3. The Morgan fingerprint density at radius 1 is 1.33 bits per heavy atom. The van der Waals surface area contributed by atoms with Gasteiger partial charge in [-0.25, -0.2) is 14.4 Å². The van der Waals surface area contributed by atoms with Crippen LogP contribution in [0.25, 0.3) is 0 Å². The third-order valence-electron chi connectivity index (χ3n) is 2.94. The summed E-state index contributed by atoms with van der Waals surface area (Å²) in [6.45, 7) is 3.98. The normalized spacial score (nSPS) is 10.3. The maximum absolute atomic E-state index is 13.6. The molecule has 0 radical (unpaired) electrons. The number of anilines is 1. The zero-order chi connectivity index (χ0) is 15.4. The van der Waals surface area contributed by atoms with E-state index in [-0.39, 0.29) is 17.2 Å². The summed E-state index contributed by atoms with van der Waals surface area (Å²) in [5.74, 6) is 0.836. The van der Waals surface area contributed by atoms with Gasteiger partial charge in [-0.05, 0) is 18.1 Å². The molecule has 1 aromatic carbocycles. The summed E-state index contributed by atoms with van der Waals surface area (Å²) in [5.41, 5.74) is 0.787.